The van der Waals surface area contributed by atoms with Crippen LogP contribution in [0.1, 0.15) is 310 Å². The molecule has 0 aliphatic carbocycles. The number of rotatable bonds is 56. The molecule has 0 radical (unpaired) electrons. The Balaban J connectivity index is 4.08. The van der Waals surface area contributed by atoms with Crippen LogP contribution in [0.15, 0.2) is 72.9 Å². The summed E-state index contributed by atoms with van der Waals surface area (Å²) in [4.78, 5) is 38.0. The van der Waals surface area contributed by atoms with Gasteiger partial charge in [-0.05, 0) is 89.9 Å². The summed E-state index contributed by atoms with van der Waals surface area (Å²) in [5.41, 5.74) is 0. The Hall–Kier alpha value is -3.15. The molecule has 0 aromatic carbocycles. The van der Waals surface area contributed by atoms with Crippen molar-refractivity contribution in [3.8, 4) is 0 Å². The van der Waals surface area contributed by atoms with Gasteiger partial charge in [0.1, 0.15) is 13.2 Å². The molecule has 0 saturated carbocycles. The van der Waals surface area contributed by atoms with Crippen molar-refractivity contribution in [1.29, 1.82) is 0 Å². The van der Waals surface area contributed by atoms with Gasteiger partial charge in [-0.25, -0.2) is 0 Å². The van der Waals surface area contributed by atoms with Gasteiger partial charge in [0, 0.05) is 19.3 Å². The van der Waals surface area contributed by atoms with E-state index in [9.17, 15) is 14.4 Å². The molecule has 0 spiro atoms. The van der Waals surface area contributed by atoms with Crippen molar-refractivity contribution in [1.82, 2.24) is 0 Å². The van der Waals surface area contributed by atoms with E-state index in [-0.39, 0.29) is 31.1 Å². The van der Waals surface area contributed by atoms with Crippen molar-refractivity contribution in [3.05, 3.63) is 72.9 Å². The van der Waals surface area contributed by atoms with Crippen LogP contribution in [0.5, 0.6) is 0 Å². The van der Waals surface area contributed by atoms with Crippen LogP contribution < -0.4 is 0 Å². The normalized spacial score (nSPS) is 12.5. The Labute approximate surface area is 446 Å². The van der Waals surface area contributed by atoms with Crippen molar-refractivity contribution in [3.63, 3.8) is 0 Å². The number of carbonyl (C=O) groups excluding carboxylic acids is 3. The molecule has 1 atom stereocenters. The molecule has 0 saturated heterocycles. The van der Waals surface area contributed by atoms with Gasteiger partial charge in [-0.3, -0.25) is 14.4 Å². The zero-order chi connectivity index (χ0) is 52.2. The van der Waals surface area contributed by atoms with Crippen LogP contribution in [-0.4, -0.2) is 37.2 Å². The first-order valence-corrected chi connectivity index (χ1v) is 30.9. The molecule has 0 N–H and O–H groups in total. The minimum absolute atomic E-state index is 0.0749. The summed E-state index contributed by atoms with van der Waals surface area (Å²) in [5.74, 6) is -0.878. The summed E-state index contributed by atoms with van der Waals surface area (Å²) in [5, 5.41) is 0. The van der Waals surface area contributed by atoms with E-state index in [0.717, 1.165) is 89.9 Å². The summed E-state index contributed by atoms with van der Waals surface area (Å²) >= 11 is 0. The number of carbonyl (C=O) groups is 3. The maximum absolute atomic E-state index is 12.8. The largest absolute Gasteiger partial charge is 0.462 e. The zero-order valence-corrected chi connectivity index (χ0v) is 47.7. The first kappa shape index (κ1) is 68.8. The Bertz CT molecular complexity index is 1340. The second-order valence-corrected chi connectivity index (χ2v) is 20.6. The van der Waals surface area contributed by atoms with Crippen molar-refractivity contribution in [2.75, 3.05) is 13.2 Å². The number of hydrogen-bond donors (Lipinski definition) is 0. The third-order valence-corrected chi connectivity index (χ3v) is 13.4. The molecule has 0 aliphatic rings. The maximum atomic E-state index is 12.8. The van der Waals surface area contributed by atoms with Gasteiger partial charge in [-0.1, -0.05) is 273 Å². The molecule has 0 fully saturated rings. The van der Waals surface area contributed by atoms with Crippen molar-refractivity contribution >= 4 is 17.9 Å². The summed E-state index contributed by atoms with van der Waals surface area (Å²) in [6.45, 7) is 6.48. The molecule has 416 valence electrons. The third-order valence-electron chi connectivity index (χ3n) is 13.4. The SMILES string of the molecule is CC/C=C\C/C=C\C/C=C\C/C=C\CCCCCCCCCCCCCCCCC(=O)OCC(COC(=O)CCCCCCCC)OC(=O)CCCCCCCCCCC/C=C\C/C=C\CCCCCCC. The number of unbranched alkanes of at least 4 members (excludes halogenated alkanes) is 33. The molecular weight excluding hydrogens is 889 g/mol. The average molecular weight is 1010 g/mol. The molecule has 0 bridgehead atoms. The Morgan fingerprint density at radius 3 is 0.847 bits per heavy atom. The quantitative estimate of drug-likeness (QED) is 0.0261. The van der Waals surface area contributed by atoms with Gasteiger partial charge in [0.2, 0.25) is 0 Å². The lowest BCUT2D eigenvalue weighted by Gasteiger charge is -2.18. The van der Waals surface area contributed by atoms with Crippen LogP contribution in [0.4, 0.5) is 0 Å². The van der Waals surface area contributed by atoms with Gasteiger partial charge < -0.3 is 14.2 Å². The summed E-state index contributed by atoms with van der Waals surface area (Å²) in [7, 11) is 0. The lowest BCUT2D eigenvalue weighted by atomic mass is 10.0. The molecule has 6 nitrogen and oxygen atoms in total. The minimum atomic E-state index is -0.774. The summed E-state index contributed by atoms with van der Waals surface area (Å²) in [6, 6.07) is 0. The highest BCUT2D eigenvalue weighted by Gasteiger charge is 2.19. The van der Waals surface area contributed by atoms with E-state index < -0.39 is 6.10 Å². The van der Waals surface area contributed by atoms with E-state index in [4.69, 9.17) is 14.2 Å². The monoisotopic (exact) mass is 1000 g/mol. The highest BCUT2D eigenvalue weighted by atomic mass is 16.6. The molecule has 0 heterocycles. The van der Waals surface area contributed by atoms with E-state index in [2.05, 4.69) is 93.7 Å². The number of hydrogen-bond acceptors (Lipinski definition) is 6. The van der Waals surface area contributed by atoms with E-state index in [1.165, 1.54) is 180 Å². The smallest absolute Gasteiger partial charge is 0.306 e. The van der Waals surface area contributed by atoms with E-state index in [1.807, 2.05) is 0 Å². The lowest BCUT2D eigenvalue weighted by molar-refractivity contribution is -0.167. The van der Waals surface area contributed by atoms with E-state index >= 15 is 0 Å². The minimum Gasteiger partial charge on any atom is -0.462 e. The molecule has 0 aromatic rings. The fourth-order valence-electron chi connectivity index (χ4n) is 8.82. The van der Waals surface area contributed by atoms with Crippen molar-refractivity contribution < 1.29 is 28.6 Å². The third kappa shape index (κ3) is 57.7. The Kier molecular flexibility index (Phi) is 57.8. The van der Waals surface area contributed by atoms with Crippen LogP contribution in [-0.2, 0) is 28.6 Å². The molecule has 72 heavy (non-hydrogen) atoms. The van der Waals surface area contributed by atoms with Gasteiger partial charge in [-0.15, -0.1) is 0 Å². The fraction of sp³-hybridized carbons (Fsp3) is 0.773. The van der Waals surface area contributed by atoms with Gasteiger partial charge in [0.25, 0.3) is 0 Å². The number of allylic oxidation sites excluding steroid dienone is 12. The van der Waals surface area contributed by atoms with Gasteiger partial charge in [-0.2, -0.15) is 0 Å². The van der Waals surface area contributed by atoms with Crippen molar-refractivity contribution in [2.24, 2.45) is 0 Å². The Morgan fingerprint density at radius 2 is 0.542 bits per heavy atom. The molecule has 0 aliphatic heterocycles. The Morgan fingerprint density at radius 1 is 0.292 bits per heavy atom. The van der Waals surface area contributed by atoms with Crippen LogP contribution in [0.3, 0.4) is 0 Å². The standard InChI is InChI=1S/C66H116O6/c1-4-7-10-13-16-18-20-22-24-26-28-30-31-32-33-34-35-37-38-40-42-44-46-48-50-53-56-59-65(68)71-62-63(61-70-64(67)58-55-52-15-12-9-6-3)72-66(69)60-57-54-51-49-47-45-43-41-39-36-29-27-25-23-21-19-17-14-11-8-5-2/h7,10,16,18,21-24,27-30,63H,4-6,8-9,11-15,17,19-20,25-26,31-62H2,1-3H3/b10-7-,18-16-,23-21-,24-22-,29-27-,30-28-. The second-order valence-electron chi connectivity index (χ2n) is 20.6. The maximum Gasteiger partial charge on any atom is 0.306 e. The molecular formula is C66H116O6. The van der Waals surface area contributed by atoms with Gasteiger partial charge in [0.15, 0.2) is 6.10 Å². The molecule has 1 unspecified atom stereocenters. The molecule has 0 aromatic heterocycles. The predicted octanol–water partition coefficient (Wildman–Crippen LogP) is 20.9. The van der Waals surface area contributed by atoms with E-state index in [1.54, 1.807) is 0 Å². The van der Waals surface area contributed by atoms with Crippen LogP contribution in [0.2, 0.25) is 0 Å². The molecule has 0 rings (SSSR count). The van der Waals surface area contributed by atoms with E-state index in [0.29, 0.717) is 19.3 Å². The number of esters is 3. The van der Waals surface area contributed by atoms with Crippen LogP contribution in [0, 0.1) is 0 Å². The highest BCUT2D eigenvalue weighted by molar-refractivity contribution is 5.71. The lowest BCUT2D eigenvalue weighted by Crippen LogP contribution is -2.30. The van der Waals surface area contributed by atoms with Crippen molar-refractivity contribution in [2.45, 2.75) is 316 Å². The predicted molar refractivity (Wildman–Crippen MR) is 311 cm³/mol. The summed E-state index contributed by atoms with van der Waals surface area (Å²) < 4.78 is 16.8. The average Bonchev–Trinajstić information content (AvgIpc) is 3.38. The second kappa shape index (κ2) is 60.4. The first-order chi connectivity index (χ1) is 35.5. The van der Waals surface area contributed by atoms with Crippen LogP contribution in [0.25, 0.3) is 0 Å². The molecule has 0 amide bonds. The highest BCUT2D eigenvalue weighted by Crippen LogP contribution is 2.16. The molecule has 6 heteroatoms. The zero-order valence-electron chi connectivity index (χ0n) is 47.7. The van der Waals surface area contributed by atoms with Gasteiger partial charge in [0.05, 0.1) is 0 Å². The number of ether oxygens (including phenoxy) is 3. The topological polar surface area (TPSA) is 78.9 Å². The fourth-order valence-corrected chi connectivity index (χ4v) is 8.82. The van der Waals surface area contributed by atoms with Gasteiger partial charge >= 0.3 is 17.9 Å². The summed E-state index contributed by atoms with van der Waals surface area (Å²) in [6.07, 6.45) is 78.0. The first-order valence-electron chi connectivity index (χ1n) is 30.9. The van der Waals surface area contributed by atoms with Crippen LogP contribution >= 0.6 is 0 Å².